The fraction of sp³-hybridized carbons (Fsp3) is 0.750. The van der Waals surface area contributed by atoms with E-state index in [1.165, 1.54) is 0 Å². The molecule has 0 fully saturated rings. The van der Waals surface area contributed by atoms with Crippen LogP contribution < -0.4 is 119 Å². The Morgan fingerprint density at radius 1 is 1.06 bits per heavy atom. The number of nitrogens with zero attached hydrogens (tertiary/aromatic N) is 1. The van der Waals surface area contributed by atoms with Gasteiger partial charge in [0.15, 0.2) is 0 Å². The summed E-state index contributed by atoms with van der Waals surface area (Å²) in [4.78, 5) is 1.93. The third-order valence-electron chi connectivity index (χ3n) is 1.79. The van der Waals surface area contributed by atoms with E-state index in [4.69, 9.17) is 55.4 Å². The van der Waals surface area contributed by atoms with E-state index in [9.17, 15) is 0 Å². The molecule has 0 atom stereocenters. The van der Waals surface area contributed by atoms with Crippen LogP contribution in [-0.4, -0.2) is 52.8 Å². The molecule has 0 aliphatic rings. The summed E-state index contributed by atoms with van der Waals surface area (Å²) in [6.45, 7) is 4.39. The monoisotopic (exact) mass is 374 g/mol. The van der Waals surface area contributed by atoms with Gasteiger partial charge < -0.3 is 71.0 Å². The maximum Gasteiger partial charge on any atom is 1.00 e. The van der Waals surface area contributed by atoms with Gasteiger partial charge in [-0.25, -0.2) is 0 Å². The Morgan fingerprint density at radius 3 is 2.06 bits per heavy atom. The summed E-state index contributed by atoms with van der Waals surface area (Å²) in [7, 11) is 0. The number of hydrogen-bond donors (Lipinski definition) is 3. The van der Waals surface area contributed by atoms with Gasteiger partial charge in [0.1, 0.15) is 0 Å². The third kappa shape index (κ3) is 17.5. The molecule has 94 valence electrons. The molecule has 0 radical (unpaired) electrons. The Labute approximate surface area is 216 Å². The van der Waals surface area contributed by atoms with Crippen LogP contribution in [0.15, 0.2) is 0 Å². The first kappa shape index (κ1) is 26.3. The van der Waals surface area contributed by atoms with Gasteiger partial charge in [0.2, 0.25) is 0 Å². The fourth-order valence-electron chi connectivity index (χ4n) is 1.03. The number of rotatable bonds is 8. The molecule has 0 unspecified atom stereocenters. The van der Waals surface area contributed by atoms with Crippen LogP contribution in [0, 0.1) is 0 Å². The second-order valence-electron chi connectivity index (χ2n) is 3.01. The Balaban J connectivity index is -0.00000112. The summed E-state index contributed by atoms with van der Waals surface area (Å²) in [5.74, 6) is 0. The minimum Gasteiger partial charge on any atom is -0.412 e. The Hall–Kier alpha value is 3.41. The third-order valence-corrected chi connectivity index (χ3v) is 2.59. The first-order chi connectivity index (χ1) is 7.57. The summed E-state index contributed by atoms with van der Waals surface area (Å²) in [6.07, 6.45) is 0. The van der Waals surface area contributed by atoms with Crippen molar-refractivity contribution in [2.24, 2.45) is 5.73 Å². The average Bonchev–Trinajstić information content (AvgIpc) is 2.20. The Bertz CT molecular complexity index is 233. The van der Waals surface area contributed by atoms with E-state index < -0.39 is 0 Å². The minimum absolute atomic E-state index is 0. The van der Waals surface area contributed by atoms with Gasteiger partial charge in [0.25, 0.3) is 0 Å². The molecule has 0 aromatic carbocycles. The molecule has 0 aliphatic carbocycles. The predicted octanol–water partition coefficient (Wildman–Crippen LogP) is -6.90. The van der Waals surface area contributed by atoms with Crippen LogP contribution in [0.3, 0.4) is 0 Å². The van der Waals surface area contributed by atoms with E-state index in [-0.39, 0.29) is 103 Å². The molecule has 0 aromatic heterocycles. The normalized spacial score (nSPS) is 8.72. The zero-order valence-electron chi connectivity index (χ0n) is 10.9. The predicted molar refractivity (Wildman–Crippen MR) is 81.4 cm³/mol. The topological polar surface area (TPSA) is 53.3 Å². The van der Waals surface area contributed by atoms with E-state index in [0.717, 1.165) is 19.6 Å². The molecular formula is C8H16K2N4S4. The average molecular weight is 375 g/mol. The van der Waals surface area contributed by atoms with Crippen molar-refractivity contribution in [1.82, 2.24) is 15.5 Å². The molecule has 0 spiro atoms. The molecule has 0 saturated heterocycles. The first-order valence-electron chi connectivity index (χ1n) is 4.89. The van der Waals surface area contributed by atoms with Crippen molar-refractivity contribution in [2.45, 2.75) is 0 Å². The van der Waals surface area contributed by atoms with Gasteiger partial charge >= 0.3 is 103 Å². The van der Waals surface area contributed by atoms with Gasteiger partial charge in [-0.2, -0.15) is 0 Å². The van der Waals surface area contributed by atoms with Gasteiger partial charge in [-0.1, -0.05) is 8.64 Å². The van der Waals surface area contributed by atoms with Gasteiger partial charge in [-0.3, -0.25) is 0 Å². The van der Waals surface area contributed by atoms with E-state index in [1.807, 2.05) is 4.90 Å². The first-order valence-corrected chi connectivity index (χ1v) is 6.52. The quantitative estimate of drug-likeness (QED) is 0.168. The molecule has 0 heterocycles. The van der Waals surface area contributed by atoms with Crippen LogP contribution in [0.1, 0.15) is 0 Å². The van der Waals surface area contributed by atoms with E-state index in [2.05, 4.69) is 10.6 Å². The van der Waals surface area contributed by atoms with Crippen molar-refractivity contribution < 1.29 is 103 Å². The summed E-state index contributed by atoms with van der Waals surface area (Å²) in [5, 5.41) is 6.07. The second-order valence-corrected chi connectivity index (χ2v) is 5.11. The molecule has 0 amide bonds. The standard InChI is InChI=1S/C8H18N4S4.2K/c9-1-2-10-3-5-12(8(15)16)6-4-11-7(13)14;;/h10H,1-6,9H2,(H,15,16)(H2,11,13,14);;/q;2*+1/p-2. The fourth-order valence-corrected chi connectivity index (χ4v) is 1.60. The number of nitrogens with one attached hydrogen (secondary N) is 2. The molecule has 0 saturated carbocycles. The Morgan fingerprint density at radius 2 is 1.61 bits per heavy atom. The van der Waals surface area contributed by atoms with Gasteiger partial charge in [-0.15, -0.1) is 0 Å². The smallest absolute Gasteiger partial charge is 0.412 e. The molecule has 4 nitrogen and oxygen atoms in total. The summed E-state index contributed by atoms with van der Waals surface area (Å²) in [6, 6.07) is 0. The maximum absolute atomic E-state index is 5.36. The maximum atomic E-state index is 5.36. The van der Waals surface area contributed by atoms with E-state index >= 15 is 0 Å². The van der Waals surface area contributed by atoms with Crippen LogP contribution >= 0.6 is 24.4 Å². The molecule has 0 aliphatic heterocycles. The van der Waals surface area contributed by atoms with Crippen molar-refractivity contribution in [2.75, 3.05) is 39.3 Å². The molecular weight excluding hydrogens is 359 g/mol. The molecule has 4 N–H and O–H groups in total. The molecule has 0 bridgehead atoms. The van der Waals surface area contributed by atoms with Crippen LogP contribution in [-0.2, 0) is 25.3 Å². The van der Waals surface area contributed by atoms with Gasteiger partial charge in [0.05, 0.1) is 0 Å². The summed E-state index contributed by atoms with van der Waals surface area (Å²) < 4.78 is 0.836. The minimum atomic E-state index is 0. The molecule has 18 heavy (non-hydrogen) atoms. The summed E-state index contributed by atoms with van der Waals surface area (Å²) >= 11 is 19.4. The van der Waals surface area contributed by atoms with Crippen LogP contribution in [0.25, 0.3) is 0 Å². The second kappa shape index (κ2) is 18.5. The van der Waals surface area contributed by atoms with Crippen LogP contribution in [0.2, 0.25) is 0 Å². The van der Waals surface area contributed by atoms with Crippen molar-refractivity contribution in [1.29, 1.82) is 0 Å². The molecule has 0 rings (SSSR count). The van der Waals surface area contributed by atoms with Crippen molar-refractivity contribution in [3.05, 3.63) is 0 Å². The zero-order chi connectivity index (χ0) is 12.4. The van der Waals surface area contributed by atoms with Crippen molar-refractivity contribution >= 4 is 58.3 Å². The van der Waals surface area contributed by atoms with Crippen molar-refractivity contribution in [3.63, 3.8) is 0 Å². The number of nitrogens with two attached hydrogens (primary N) is 1. The SMILES string of the molecule is NCCNCCN(CCNC(=S)[S-])C(=S)[S-].[K+].[K+]. The van der Waals surface area contributed by atoms with E-state index in [1.54, 1.807) is 0 Å². The Kier molecular flexibility index (Phi) is 27.0. The molecule has 0 aromatic rings. The van der Waals surface area contributed by atoms with Crippen LogP contribution in [0.5, 0.6) is 0 Å². The summed E-state index contributed by atoms with van der Waals surface area (Å²) in [5.41, 5.74) is 5.36. The zero-order valence-corrected chi connectivity index (χ0v) is 20.4. The molecule has 10 heteroatoms. The van der Waals surface area contributed by atoms with Gasteiger partial charge in [0, 0.05) is 39.3 Å². The number of thiocarbonyl (C=S) groups is 2. The van der Waals surface area contributed by atoms with Crippen molar-refractivity contribution in [3.8, 4) is 0 Å². The number of hydrogen-bond acceptors (Lipinski definition) is 6. The van der Waals surface area contributed by atoms with Gasteiger partial charge in [-0.05, 0) is 0 Å². The van der Waals surface area contributed by atoms with Crippen LogP contribution in [0.4, 0.5) is 0 Å². The van der Waals surface area contributed by atoms with E-state index in [0.29, 0.717) is 28.3 Å². The largest absolute Gasteiger partial charge is 1.00 e.